The minimum absolute atomic E-state index is 0.108. The molecule has 1 aromatic rings. The number of nitrogens with one attached hydrogen (secondary N) is 1. The molecule has 3 N–H and O–H groups in total. The maximum atomic E-state index is 10.6. The van der Waals surface area contributed by atoms with Crippen molar-refractivity contribution in [3.05, 3.63) is 24.3 Å². The number of amides is 1. The number of phenols is 1. The highest BCUT2D eigenvalue weighted by Crippen LogP contribution is 2.02. The summed E-state index contributed by atoms with van der Waals surface area (Å²) in [5.74, 6) is -0.316. The van der Waals surface area contributed by atoms with Crippen LogP contribution in [0.15, 0.2) is 24.3 Å². The van der Waals surface area contributed by atoms with Gasteiger partial charge in [-0.1, -0.05) is 17.6 Å². The summed E-state index contributed by atoms with van der Waals surface area (Å²) >= 11 is 0. The van der Waals surface area contributed by atoms with Gasteiger partial charge in [0.15, 0.2) is 5.81 Å². The molecule has 0 heterocycles. The molecule has 0 aliphatic rings. The van der Waals surface area contributed by atoms with Gasteiger partial charge in [0.1, 0.15) is 5.75 Å². The summed E-state index contributed by atoms with van der Waals surface area (Å²) in [7, 11) is 0.108. The Morgan fingerprint density at radius 1 is 1.33 bits per heavy atom. The summed E-state index contributed by atoms with van der Waals surface area (Å²) in [6.07, 6.45) is 0. The highest BCUT2D eigenvalue weighted by atomic mass is 16.5. The third kappa shape index (κ3) is 2.28. The van der Waals surface area contributed by atoms with E-state index in [2.05, 4.69) is 0 Å². The monoisotopic (exact) mass is 165 g/mol. The third-order valence-electron chi connectivity index (χ3n) is 1.43. The van der Waals surface area contributed by atoms with Crippen molar-refractivity contribution in [3.8, 4) is 5.75 Å². The second-order valence-electron chi connectivity index (χ2n) is 2.38. The fourth-order valence-corrected chi connectivity index (χ4v) is 0.839. The molecule has 0 unspecified atom stereocenters. The summed E-state index contributed by atoms with van der Waals surface area (Å²) in [4.78, 5) is 10.6. The van der Waals surface area contributed by atoms with E-state index in [1.165, 1.54) is 17.6 Å². The second-order valence-corrected chi connectivity index (χ2v) is 2.38. The van der Waals surface area contributed by atoms with E-state index in [9.17, 15) is 4.79 Å². The number of benzene rings is 1. The minimum Gasteiger partial charge on any atom is -0.508 e. The van der Waals surface area contributed by atoms with Crippen molar-refractivity contribution in [2.75, 3.05) is 0 Å². The minimum atomic E-state index is -0.472. The topological polar surface area (TPSA) is 69.6 Å². The second kappa shape index (κ2) is 3.78. The van der Waals surface area contributed by atoms with E-state index in [0.29, 0.717) is 0 Å². The molecule has 0 spiro atoms. The molecule has 62 valence electrons. The van der Waals surface area contributed by atoms with Crippen molar-refractivity contribution in [1.29, 1.82) is 0 Å². The summed E-state index contributed by atoms with van der Waals surface area (Å²) in [5.41, 5.74) is 2.26. The van der Waals surface area contributed by atoms with Crippen LogP contribution in [0.2, 0.25) is 0 Å². The number of carbonyl (C=O) groups excluding carboxylic acids is 1. The first-order valence-corrected chi connectivity index (χ1v) is 3.43. The lowest BCUT2D eigenvalue weighted by Gasteiger charge is -1.97. The average Bonchev–Trinajstić information content (AvgIpc) is 2.09. The summed E-state index contributed by atoms with van der Waals surface area (Å²) in [5, 5.41) is 17.1. The molecule has 0 aliphatic carbocycles. The normalized spacial score (nSPS) is 9.08. The van der Waals surface area contributed by atoms with Gasteiger partial charge in [0.2, 0.25) is 0 Å². The van der Waals surface area contributed by atoms with Crippen LogP contribution in [-0.2, 0) is 0 Å². The zero-order valence-corrected chi connectivity index (χ0v) is 6.32. The molecule has 1 amide bonds. The smallest absolute Gasteiger partial charge is 0.270 e. The Balaban J connectivity index is 2.64. The van der Waals surface area contributed by atoms with E-state index >= 15 is 0 Å². The van der Waals surface area contributed by atoms with Crippen LogP contribution < -0.4 is 10.9 Å². The maximum Gasteiger partial charge on any atom is 0.270 e. The molecule has 1 rings (SSSR count). The molecule has 0 fully saturated rings. The van der Waals surface area contributed by atoms with Gasteiger partial charge in [0, 0.05) is 0 Å². The van der Waals surface area contributed by atoms with Crippen LogP contribution >= 0.6 is 0 Å². The maximum absolute atomic E-state index is 10.6. The number of hydrogen-bond donors (Lipinski definition) is 3. The van der Waals surface area contributed by atoms with Gasteiger partial charge in [-0.25, -0.2) is 5.48 Å². The zero-order chi connectivity index (χ0) is 8.97. The van der Waals surface area contributed by atoms with Gasteiger partial charge in [-0.3, -0.25) is 10.0 Å². The number of hydroxylamine groups is 1. The van der Waals surface area contributed by atoms with E-state index in [4.69, 9.17) is 10.3 Å². The molecule has 0 radical (unpaired) electrons. The Morgan fingerprint density at radius 3 is 2.42 bits per heavy atom. The van der Waals surface area contributed by atoms with Crippen molar-refractivity contribution in [1.82, 2.24) is 5.48 Å². The molecule has 0 aliphatic heterocycles. The Morgan fingerprint density at radius 2 is 1.92 bits per heavy atom. The predicted octanol–water partition coefficient (Wildman–Crippen LogP) is -0.447. The molecule has 0 atom stereocenters. The quantitative estimate of drug-likeness (QED) is 0.316. The Kier molecular flexibility index (Phi) is 2.71. The summed E-state index contributed by atoms with van der Waals surface area (Å²) in [6, 6.07) is 6.20. The van der Waals surface area contributed by atoms with Gasteiger partial charge in [-0.15, -0.1) is 0 Å². The van der Waals surface area contributed by atoms with Gasteiger partial charge < -0.3 is 5.11 Å². The molecule has 5 heteroatoms. The lowest BCUT2D eigenvalue weighted by atomic mass is 9.70. The molecule has 0 aromatic heterocycles. The van der Waals surface area contributed by atoms with Crippen molar-refractivity contribution in [3.63, 3.8) is 0 Å². The lowest BCUT2D eigenvalue weighted by molar-refractivity contribution is 0.179. The first-order chi connectivity index (χ1) is 5.72. The molecule has 12 heavy (non-hydrogen) atoms. The average molecular weight is 165 g/mol. The van der Waals surface area contributed by atoms with E-state index in [-0.39, 0.29) is 13.0 Å². The third-order valence-corrected chi connectivity index (χ3v) is 1.43. The first kappa shape index (κ1) is 8.61. The Labute approximate surface area is 70.0 Å². The molecular formula is C7H8BNO3. The van der Waals surface area contributed by atoms with Crippen LogP contribution in [0.5, 0.6) is 5.75 Å². The first-order valence-electron chi connectivity index (χ1n) is 3.43. The number of rotatable bonds is 2. The molecule has 0 saturated heterocycles. The summed E-state index contributed by atoms with van der Waals surface area (Å²) in [6.45, 7) is 0. The zero-order valence-electron chi connectivity index (χ0n) is 6.32. The number of aromatic hydroxyl groups is 1. The molecule has 0 saturated carbocycles. The highest BCUT2D eigenvalue weighted by molar-refractivity contribution is 6.83. The molecule has 1 aromatic carbocycles. The van der Waals surface area contributed by atoms with Gasteiger partial charge in [-0.05, 0) is 12.1 Å². The number of hydrogen-bond acceptors (Lipinski definition) is 3. The Hall–Kier alpha value is -1.49. The van der Waals surface area contributed by atoms with Crippen LogP contribution in [0.4, 0.5) is 4.79 Å². The van der Waals surface area contributed by atoms with Crippen molar-refractivity contribution >= 4 is 18.5 Å². The largest absolute Gasteiger partial charge is 0.508 e. The van der Waals surface area contributed by atoms with Crippen molar-refractivity contribution in [2.24, 2.45) is 0 Å². The van der Waals surface area contributed by atoms with Gasteiger partial charge in [-0.2, -0.15) is 0 Å². The standard InChI is InChI=1S/C7H8BNO3/c10-6-3-1-5(2-4-6)8-7(11)9-12/h1-4,8,10,12H,(H,9,11). The van der Waals surface area contributed by atoms with Gasteiger partial charge in [0.25, 0.3) is 7.28 Å². The molecular weight excluding hydrogens is 157 g/mol. The number of phenolic OH excluding ortho intramolecular Hbond substituents is 1. The molecule has 4 nitrogen and oxygen atoms in total. The van der Waals surface area contributed by atoms with Crippen LogP contribution in [0, 0.1) is 0 Å². The highest BCUT2D eigenvalue weighted by Gasteiger charge is 2.03. The predicted molar refractivity (Wildman–Crippen MR) is 45.2 cm³/mol. The number of carbonyl (C=O) groups is 1. The van der Waals surface area contributed by atoms with Gasteiger partial charge >= 0.3 is 0 Å². The van der Waals surface area contributed by atoms with E-state index < -0.39 is 5.81 Å². The molecule has 0 bridgehead atoms. The van der Waals surface area contributed by atoms with Gasteiger partial charge in [0.05, 0.1) is 0 Å². The Bertz CT molecular complexity index is 272. The van der Waals surface area contributed by atoms with Crippen molar-refractivity contribution in [2.45, 2.75) is 0 Å². The van der Waals surface area contributed by atoms with Crippen LogP contribution in [0.1, 0.15) is 0 Å². The van der Waals surface area contributed by atoms with E-state index in [1.54, 1.807) is 12.1 Å². The fourth-order valence-electron chi connectivity index (χ4n) is 0.839. The van der Waals surface area contributed by atoms with Crippen LogP contribution in [-0.4, -0.2) is 23.4 Å². The van der Waals surface area contributed by atoms with E-state index in [0.717, 1.165) is 5.46 Å². The fraction of sp³-hybridized carbons (Fsp3) is 0. The SMILES string of the molecule is O=C(Bc1ccc(O)cc1)NO. The van der Waals surface area contributed by atoms with E-state index in [1.807, 2.05) is 0 Å². The van der Waals surface area contributed by atoms with Crippen LogP contribution in [0.25, 0.3) is 0 Å². The lowest BCUT2D eigenvalue weighted by Crippen LogP contribution is -2.31. The van der Waals surface area contributed by atoms with Crippen molar-refractivity contribution < 1.29 is 15.1 Å². The summed E-state index contributed by atoms with van der Waals surface area (Å²) < 4.78 is 0. The van der Waals surface area contributed by atoms with Crippen LogP contribution in [0.3, 0.4) is 0 Å².